The van der Waals surface area contributed by atoms with Gasteiger partial charge in [0.15, 0.2) is 8.32 Å². The number of carbonyl (C=O) groups is 1. The predicted molar refractivity (Wildman–Crippen MR) is 105 cm³/mol. The van der Waals surface area contributed by atoms with Crippen LogP contribution in [0, 0.1) is 0 Å². The number of cyclic esters (lactones) is 1. The summed E-state index contributed by atoms with van der Waals surface area (Å²) in [5.74, 6) is 0. The number of amides is 1. The predicted octanol–water partition coefficient (Wildman–Crippen LogP) is 3.95. The Morgan fingerprint density at radius 3 is 2.62 bits per heavy atom. The van der Waals surface area contributed by atoms with Crippen molar-refractivity contribution >= 4 is 14.4 Å². The number of rotatable bonds is 7. The Balaban J connectivity index is 1.93. The standard InChI is InChI=1S/C20H31NO4Si/c1-20(2,3)26(4,5)25-13-9-12-18(22)17-15-24-19(23)21(17)14-16-10-7-6-8-11-16/h6-12,17-18,22H,13-15H2,1-5H3/b12-9-/t17-,18+/m1/s1. The first kappa shape index (κ1) is 20.7. The minimum absolute atomic E-state index is 0.150. The highest BCUT2D eigenvalue weighted by molar-refractivity contribution is 6.74. The lowest BCUT2D eigenvalue weighted by Gasteiger charge is -2.35. The van der Waals surface area contributed by atoms with Gasteiger partial charge in [0.2, 0.25) is 0 Å². The van der Waals surface area contributed by atoms with Crippen LogP contribution >= 0.6 is 0 Å². The summed E-state index contributed by atoms with van der Waals surface area (Å²) in [6.07, 6.45) is 2.38. The smallest absolute Gasteiger partial charge is 0.410 e. The van der Waals surface area contributed by atoms with E-state index in [0.29, 0.717) is 13.2 Å². The van der Waals surface area contributed by atoms with Crippen molar-refractivity contribution in [1.29, 1.82) is 0 Å². The Kier molecular flexibility index (Phi) is 6.66. The van der Waals surface area contributed by atoms with Crippen LogP contribution in [0.1, 0.15) is 26.3 Å². The maximum atomic E-state index is 12.0. The van der Waals surface area contributed by atoms with E-state index in [9.17, 15) is 9.90 Å². The number of hydrogen-bond donors (Lipinski definition) is 1. The number of hydrogen-bond acceptors (Lipinski definition) is 4. The summed E-state index contributed by atoms with van der Waals surface area (Å²) in [5.41, 5.74) is 1.01. The molecular weight excluding hydrogens is 346 g/mol. The molecule has 1 N–H and O–H groups in total. The first-order valence-electron chi connectivity index (χ1n) is 9.08. The molecule has 0 bridgehead atoms. The number of benzene rings is 1. The van der Waals surface area contributed by atoms with Gasteiger partial charge in [0.05, 0.1) is 18.8 Å². The molecule has 0 saturated carbocycles. The van der Waals surface area contributed by atoms with Gasteiger partial charge in [-0.05, 0) is 23.7 Å². The van der Waals surface area contributed by atoms with E-state index in [2.05, 4.69) is 33.9 Å². The summed E-state index contributed by atoms with van der Waals surface area (Å²) in [7, 11) is -1.81. The molecule has 144 valence electrons. The number of carbonyl (C=O) groups excluding carboxylic acids is 1. The van der Waals surface area contributed by atoms with Gasteiger partial charge in [-0.1, -0.05) is 63.3 Å². The third-order valence-electron chi connectivity index (χ3n) is 5.28. The largest absolute Gasteiger partial charge is 0.447 e. The maximum absolute atomic E-state index is 12.0. The summed E-state index contributed by atoms with van der Waals surface area (Å²) >= 11 is 0. The van der Waals surface area contributed by atoms with Crippen molar-refractivity contribution in [2.24, 2.45) is 0 Å². The van der Waals surface area contributed by atoms with E-state index >= 15 is 0 Å². The molecule has 1 fully saturated rings. The molecule has 0 aromatic heterocycles. The molecule has 6 heteroatoms. The Labute approximate surface area is 157 Å². The maximum Gasteiger partial charge on any atom is 0.410 e. The van der Waals surface area contributed by atoms with E-state index in [0.717, 1.165) is 5.56 Å². The molecule has 2 rings (SSSR count). The first-order valence-corrected chi connectivity index (χ1v) is 12.0. The van der Waals surface area contributed by atoms with Crippen molar-refractivity contribution in [3.8, 4) is 0 Å². The van der Waals surface area contributed by atoms with E-state index in [1.165, 1.54) is 0 Å². The average Bonchev–Trinajstić information content (AvgIpc) is 2.92. The Bertz CT molecular complexity index is 624. The van der Waals surface area contributed by atoms with Crippen LogP contribution in [-0.4, -0.2) is 49.8 Å². The van der Waals surface area contributed by atoms with E-state index < -0.39 is 14.4 Å². The zero-order valence-corrected chi connectivity index (χ0v) is 17.4. The van der Waals surface area contributed by atoms with Crippen molar-refractivity contribution in [3.05, 3.63) is 48.0 Å². The van der Waals surface area contributed by atoms with Gasteiger partial charge in [-0.2, -0.15) is 0 Å². The molecule has 1 saturated heterocycles. The van der Waals surface area contributed by atoms with Crippen LogP contribution in [0.3, 0.4) is 0 Å². The van der Waals surface area contributed by atoms with Gasteiger partial charge in [-0.25, -0.2) is 4.79 Å². The summed E-state index contributed by atoms with van der Waals surface area (Å²) in [6.45, 7) is 12.1. The topological polar surface area (TPSA) is 59.0 Å². The third-order valence-corrected chi connectivity index (χ3v) is 9.78. The SMILES string of the molecule is CC(C)(C)[Si](C)(C)OC/C=C\[C@H](O)[C@H]1COC(=O)N1Cc1ccccc1. The second-order valence-corrected chi connectivity index (χ2v) is 13.1. The number of nitrogens with zero attached hydrogens (tertiary/aromatic N) is 1. The molecule has 0 spiro atoms. The molecule has 1 amide bonds. The average molecular weight is 378 g/mol. The normalized spacial score (nSPS) is 19.8. The van der Waals surface area contributed by atoms with E-state index in [1.807, 2.05) is 36.4 Å². The Morgan fingerprint density at radius 2 is 2.00 bits per heavy atom. The monoisotopic (exact) mass is 377 g/mol. The van der Waals surface area contributed by atoms with E-state index in [-0.39, 0.29) is 23.8 Å². The number of aliphatic hydroxyl groups is 1. The van der Waals surface area contributed by atoms with Crippen molar-refractivity contribution in [1.82, 2.24) is 4.90 Å². The second kappa shape index (κ2) is 8.37. The van der Waals surface area contributed by atoms with Crippen molar-refractivity contribution in [2.45, 2.75) is 57.6 Å². The molecule has 2 atom stereocenters. The highest BCUT2D eigenvalue weighted by Crippen LogP contribution is 2.36. The van der Waals surface area contributed by atoms with Crippen LogP contribution in [0.5, 0.6) is 0 Å². The molecule has 5 nitrogen and oxygen atoms in total. The molecule has 0 aliphatic carbocycles. The molecule has 1 aromatic rings. The van der Waals surface area contributed by atoms with Gasteiger partial charge in [-0.3, -0.25) is 4.90 Å². The molecular formula is C20H31NO4Si. The molecule has 1 aliphatic rings. The fourth-order valence-electron chi connectivity index (χ4n) is 2.51. The Morgan fingerprint density at radius 1 is 1.35 bits per heavy atom. The lowest BCUT2D eigenvalue weighted by molar-refractivity contribution is 0.117. The summed E-state index contributed by atoms with van der Waals surface area (Å²) < 4.78 is 11.2. The van der Waals surface area contributed by atoms with E-state index in [1.54, 1.807) is 11.0 Å². The van der Waals surface area contributed by atoms with Crippen LogP contribution in [0.25, 0.3) is 0 Å². The van der Waals surface area contributed by atoms with Gasteiger partial charge in [-0.15, -0.1) is 0 Å². The highest BCUT2D eigenvalue weighted by atomic mass is 28.4. The van der Waals surface area contributed by atoms with Gasteiger partial charge in [0, 0.05) is 6.54 Å². The minimum Gasteiger partial charge on any atom is -0.447 e. The summed E-state index contributed by atoms with van der Waals surface area (Å²) in [5, 5.41) is 10.6. The second-order valence-electron chi connectivity index (χ2n) is 8.25. The molecule has 1 aromatic carbocycles. The van der Waals surface area contributed by atoms with E-state index in [4.69, 9.17) is 9.16 Å². The summed E-state index contributed by atoms with van der Waals surface area (Å²) in [4.78, 5) is 13.6. The zero-order chi connectivity index (χ0) is 19.4. The highest BCUT2D eigenvalue weighted by Gasteiger charge is 2.38. The molecule has 1 aliphatic heterocycles. The van der Waals surface area contributed by atoms with Gasteiger partial charge in [0.1, 0.15) is 6.61 Å². The lowest BCUT2D eigenvalue weighted by atomic mass is 10.1. The third kappa shape index (κ3) is 5.19. The number of ether oxygens (including phenoxy) is 1. The summed E-state index contributed by atoms with van der Waals surface area (Å²) in [6, 6.07) is 9.33. The fraction of sp³-hybridized carbons (Fsp3) is 0.550. The van der Waals surface area contributed by atoms with Crippen molar-refractivity contribution < 1.29 is 19.1 Å². The quantitative estimate of drug-likeness (QED) is 0.577. The lowest BCUT2D eigenvalue weighted by Crippen LogP contribution is -2.41. The van der Waals surface area contributed by atoms with Crippen LogP contribution in [0.15, 0.2) is 42.5 Å². The van der Waals surface area contributed by atoms with Crippen LogP contribution < -0.4 is 0 Å². The molecule has 1 heterocycles. The van der Waals surface area contributed by atoms with Crippen LogP contribution in [0.4, 0.5) is 4.79 Å². The molecule has 0 radical (unpaired) electrons. The molecule has 0 unspecified atom stereocenters. The van der Waals surface area contributed by atoms with Crippen molar-refractivity contribution in [2.75, 3.05) is 13.2 Å². The molecule has 26 heavy (non-hydrogen) atoms. The van der Waals surface area contributed by atoms with Crippen LogP contribution in [-0.2, 0) is 15.7 Å². The van der Waals surface area contributed by atoms with Gasteiger partial charge in [0.25, 0.3) is 0 Å². The minimum atomic E-state index is -1.81. The van der Waals surface area contributed by atoms with Crippen LogP contribution in [0.2, 0.25) is 18.1 Å². The first-order chi connectivity index (χ1) is 12.1. The van der Waals surface area contributed by atoms with Crippen molar-refractivity contribution in [3.63, 3.8) is 0 Å². The van der Waals surface area contributed by atoms with Gasteiger partial charge < -0.3 is 14.3 Å². The fourth-order valence-corrected chi connectivity index (χ4v) is 3.45. The number of aliphatic hydroxyl groups excluding tert-OH is 1. The van der Waals surface area contributed by atoms with Gasteiger partial charge >= 0.3 is 6.09 Å². The Hall–Kier alpha value is -1.63. The zero-order valence-electron chi connectivity index (χ0n) is 16.4.